The number of benzene rings is 1. The van der Waals surface area contributed by atoms with E-state index in [1.165, 1.54) is 18.3 Å². The van der Waals surface area contributed by atoms with Crippen LogP contribution in [0.25, 0.3) is 10.6 Å². The second kappa shape index (κ2) is 11.8. The molecule has 32 heavy (non-hydrogen) atoms. The Balaban J connectivity index is 2.35. The lowest BCUT2D eigenvalue weighted by Crippen LogP contribution is -2.19. The molecule has 0 spiro atoms. The van der Waals surface area contributed by atoms with Crippen molar-refractivity contribution in [3.05, 3.63) is 102 Å². The summed E-state index contributed by atoms with van der Waals surface area (Å²) in [4.78, 5) is 20.0. The van der Waals surface area contributed by atoms with Gasteiger partial charge in [0.1, 0.15) is 11.5 Å². The molecule has 10 heteroatoms. The van der Waals surface area contributed by atoms with Crippen LogP contribution in [-0.2, 0) is 11.0 Å². The van der Waals surface area contributed by atoms with E-state index in [0.717, 1.165) is 36.7 Å². The highest BCUT2D eigenvalue weighted by molar-refractivity contribution is 7.90. The topological polar surface area (TPSA) is 54.4 Å². The molecule has 0 aliphatic heterocycles. The van der Waals surface area contributed by atoms with E-state index in [4.69, 9.17) is 0 Å². The minimum Gasteiger partial charge on any atom is -0.313 e. The number of aromatic nitrogens is 1. The first kappa shape index (κ1) is 24.7. The van der Waals surface area contributed by atoms with Crippen LogP contribution in [0.2, 0.25) is 0 Å². The molecule has 0 radical (unpaired) electrons. The molecule has 1 heterocycles. The molecule has 0 atom stereocenters. The van der Waals surface area contributed by atoms with Gasteiger partial charge in [0.25, 0.3) is 5.91 Å². The summed E-state index contributed by atoms with van der Waals surface area (Å²) in [6.07, 6.45) is 1.49. The maximum absolute atomic E-state index is 13.5. The zero-order valence-electron chi connectivity index (χ0n) is 16.2. The SMILES string of the molecule is O=C(/C=C(F)/C=C\C=C\F)NC=N/C(=C(\S)c1cccc(C(F)(F)F)c1)c1ccccn1. The van der Waals surface area contributed by atoms with E-state index in [1.807, 2.05) is 0 Å². The second-order valence-corrected chi connectivity index (χ2v) is 6.41. The van der Waals surface area contributed by atoms with Crippen molar-refractivity contribution >= 4 is 35.5 Å². The van der Waals surface area contributed by atoms with Gasteiger partial charge in [0.2, 0.25) is 0 Å². The van der Waals surface area contributed by atoms with Gasteiger partial charge in [-0.05, 0) is 42.0 Å². The van der Waals surface area contributed by atoms with Crippen LogP contribution in [0.5, 0.6) is 0 Å². The Bertz CT molecular complexity index is 1090. The quantitative estimate of drug-likeness (QED) is 0.134. The molecule has 0 fully saturated rings. The minimum absolute atomic E-state index is 0.0722. The summed E-state index contributed by atoms with van der Waals surface area (Å²) in [5.41, 5.74) is -0.381. The van der Waals surface area contributed by atoms with E-state index in [1.54, 1.807) is 18.2 Å². The maximum Gasteiger partial charge on any atom is 0.416 e. The Morgan fingerprint density at radius 3 is 2.56 bits per heavy atom. The molecule has 0 saturated heterocycles. The number of hydrogen-bond acceptors (Lipinski definition) is 4. The van der Waals surface area contributed by atoms with E-state index in [2.05, 4.69) is 27.9 Å². The fraction of sp³-hybridized carbons (Fsp3) is 0.0455. The molecule has 0 saturated carbocycles. The number of carbonyl (C=O) groups excluding carboxylic acids is 1. The summed E-state index contributed by atoms with van der Waals surface area (Å²) in [6, 6.07) is 9.32. The highest BCUT2D eigenvalue weighted by atomic mass is 32.1. The molecule has 1 aromatic heterocycles. The van der Waals surface area contributed by atoms with Crippen molar-refractivity contribution in [2.45, 2.75) is 6.18 Å². The largest absolute Gasteiger partial charge is 0.416 e. The first-order valence-electron chi connectivity index (χ1n) is 8.88. The molecular formula is C22H16F5N3OS. The number of alkyl halides is 3. The van der Waals surface area contributed by atoms with Gasteiger partial charge >= 0.3 is 6.18 Å². The summed E-state index contributed by atoms with van der Waals surface area (Å²) in [5, 5.41) is 2.20. The van der Waals surface area contributed by atoms with Crippen LogP contribution < -0.4 is 5.32 Å². The summed E-state index contributed by atoms with van der Waals surface area (Å²) in [6.45, 7) is 0. The lowest BCUT2D eigenvalue weighted by atomic mass is 10.1. The summed E-state index contributed by atoms with van der Waals surface area (Å²) in [7, 11) is 0. The molecular weight excluding hydrogens is 449 g/mol. The third kappa shape index (κ3) is 7.62. The smallest absolute Gasteiger partial charge is 0.313 e. The Hall–Kier alpha value is -3.53. The van der Waals surface area contributed by atoms with Crippen LogP contribution in [-0.4, -0.2) is 17.2 Å². The Morgan fingerprint density at radius 2 is 1.91 bits per heavy atom. The highest BCUT2D eigenvalue weighted by Crippen LogP contribution is 2.34. The van der Waals surface area contributed by atoms with Crippen LogP contribution in [0, 0.1) is 0 Å². The number of nitrogens with one attached hydrogen (secondary N) is 1. The molecule has 0 aliphatic rings. The molecule has 1 amide bonds. The number of pyridine rings is 1. The zero-order chi connectivity index (χ0) is 23.6. The number of hydrogen-bond donors (Lipinski definition) is 2. The van der Waals surface area contributed by atoms with Crippen LogP contribution >= 0.6 is 12.6 Å². The molecule has 166 valence electrons. The summed E-state index contributed by atoms with van der Waals surface area (Å²) in [5.74, 6) is -1.81. The van der Waals surface area contributed by atoms with Gasteiger partial charge in [0.15, 0.2) is 0 Å². The molecule has 2 rings (SSSR count). The van der Waals surface area contributed by atoms with Gasteiger partial charge in [-0.3, -0.25) is 9.78 Å². The van der Waals surface area contributed by atoms with Crippen molar-refractivity contribution in [3.63, 3.8) is 0 Å². The normalized spacial score (nSPS) is 13.8. The summed E-state index contributed by atoms with van der Waals surface area (Å²) >= 11 is 4.32. The van der Waals surface area contributed by atoms with Crippen LogP contribution in [0.3, 0.4) is 0 Å². The molecule has 4 nitrogen and oxygen atoms in total. The third-order valence-corrected chi connectivity index (χ3v) is 4.17. The van der Waals surface area contributed by atoms with Crippen molar-refractivity contribution < 1.29 is 26.7 Å². The molecule has 0 bridgehead atoms. The van der Waals surface area contributed by atoms with Crippen LogP contribution in [0.4, 0.5) is 22.0 Å². The van der Waals surface area contributed by atoms with Gasteiger partial charge in [0.05, 0.1) is 23.9 Å². The van der Waals surface area contributed by atoms with Crippen molar-refractivity contribution in [3.8, 4) is 0 Å². The molecule has 0 unspecified atom stereocenters. The first-order valence-corrected chi connectivity index (χ1v) is 9.33. The predicted octanol–water partition coefficient (Wildman–Crippen LogP) is 5.89. The monoisotopic (exact) mass is 465 g/mol. The van der Waals surface area contributed by atoms with Crippen molar-refractivity contribution in [1.29, 1.82) is 0 Å². The van der Waals surface area contributed by atoms with Gasteiger partial charge in [-0.15, -0.1) is 12.6 Å². The molecule has 1 aromatic carbocycles. The van der Waals surface area contributed by atoms with E-state index in [9.17, 15) is 26.7 Å². The van der Waals surface area contributed by atoms with Crippen LogP contribution in [0.15, 0.2) is 90.1 Å². The second-order valence-electron chi connectivity index (χ2n) is 5.96. The van der Waals surface area contributed by atoms with Gasteiger partial charge in [-0.25, -0.2) is 13.8 Å². The average Bonchev–Trinajstić information content (AvgIpc) is 2.76. The van der Waals surface area contributed by atoms with E-state index in [-0.39, 0.29) is 28.2 Å². The van der Waals surface area contributed by atoms with Crippen molar-refractivity contribution in [2.24, 2.45) is 4.99 Å². The predicted molar refractivity (Wildman–Crippen MR) is 117 cm³/mol. The number of amides is 1. The number of rotatable bonds is 7. The number of nitrogens with zero attached hydrogens (tertiary/aromatic N) is 2. The van der Waals surface area contributed by atoms with E-state index < -0.39 is 23.5 Å². The lowest BCUT2D eigenvalue weighted by Gasteiger charge is -2.11. The Labute approximate surface area is 186 Å². The fourth-order valence-electron chi connectivity index (χ4n) is 2.30. The van der Waals surface area contributed by atoms with Gasteiger partial charge in [-0.1, -0.05) is 24.3 Å². The minimum atomic E-state index is -4.54. The number of aliphatic imine (C=N–C) groups is 1. The fourth-order valence-corrected chi connectivity index (χ4v) is 2.61. The van der Waals surface area contributed by atoms with Gasteiger partial charge < -0.3 is 5.32 Å². The average molecular weight is 465 g/mol. The van der Waals surface area contributed by atoms with Gasteiger partial charge in [-0.2, -0.15) is 13.2 Å². The Morgan fingerprint density at radius 1 is 1.12 bits per heavy atom. The van der Waals surface area contributed by atoms with Crippen molar-refractivity contribution in [2.75, 3.05) is 0 Å². The number of carbonyl (C=O) groups is 1. The molecule has 2 aromatic rings. The summed E-state index contributed by atoms with van der Waals surface area (Å²) < 4.78 is 64.5. The standard InChI is InChI=1S/C22H16F5N3OS/c23-10-3-1-8-17(24)13-19(31)29-14-30-20(18-9-2-4-11-28-18)21(32)15-6-5-7-16(12-15)22(25,26)27/h1-14,32H,(H,29,30,31)/b8-1-,10-3+,17-13-,21-20-. The first-order chi connectivity index (χ1) is 15.2. The number of halogens is 5. The zero-order valence-corrected chi connectivity index (χ0v) is 17.1. The van der Waals surface area contributed by atoms with E-state index >= 15 is 0 Å². The number of thiol groups is 1. The molecule has 0 aliphatic carbocycles. The van der Waals surface area contributed by atoms with Gasteiger partial charge in [0, 0.05) is 17.2 Å². The third-order valence-electron chi connectivity index (χ3n) is 3.70. The number of allylic oxidation sites excluding steroid dienone is 4. The maximum atomic E-state index is 13.5. The Kier molecular flexibility index (Phi) is 9.08. The van der Waals surface area contributed by atoms with Crippen LogP contribution in [0.1, 0.15) is 16.8 Å². The lowest BCUT2D eigenvalue weighted by molar-refractivity contribution is -0.137. The molecule has 1 N–H and O–H groups in total. The van der Waals surface area contributed by atoms with Crippen molar-refractivity contribution in [1.82, 2.24) is 10.3 Å². The van der Waals surface area contributed by atoms with E-state index in [0.29, 0.717) is 6.08 Å². The highest BCUT2D eigenvalue weighted by Gasteiger charge is 2.30.